The second-order valence-electron chi connectivity index (χ2n) is 11.5. The van der Waals surface area contributed by atoms with Gasteiger partial charge < -0.3 is 0 Å². The largest absolute Gasteiger partial charge is 0.331 e. The average molecular weight is 640 g/mol. The highest BCUT2D eigenvalue weighted by Gasteiger charge is 2.35. The third kappa shape index (κ3) is 7.21. The molecule has 1 aliphatic carbocycles. The fourth-order valence-corrected chi connectivity index (χ4v) is 7.22. The summed E-state index contributed by atoms with van der Waals surface area (Å²) in [5, 5.41) is -0.172. The minimum Gasteiger partial charge on any atom is -0.282 e. The predicted octanol–water partition coefficient (Wildman–Crippen LogP) is 7.70. The third-order valence-corrected chi connectivity index (χ3v) is 10.0. The van der Waals surface area contributed by atoms with E-state index in [1.54, 1.807) is 18.2 Å². The van der Waals surface area contributed by atoms with Gasteiger partial charge in [-0.2, -0.15) is 16.8 Å². The summed E-state index contributed by atoms with van der Waals surface area (Å²) in [4.78, 5) is -0.131. The maximum absolute atomic E-state index is 12.4. The van der Waals surface area contributed by atoms with E-state index in [4.69, 9.17) is 0 Å². The lowest BCUT2D eigenvalue weighted by atomic mass is 9.87. The van der Waals surface area contributed by atoms with Gasteiger partial charge in [0, 0.05) is 35.4 Å². The molecule has 0 amide bonds. The summed E-state index contributed by atoms with van der Waals surface area (Å²) in [6, 6.07) is 25.0. The Labute approximate surface area is 266 Å². The SMILES string of the molecule is Cc1cccc(C)c1Cc1ccc(C(=C2C=CC=C[C+]2S(=O)(=O)O)c2ccc(Cc3c(C)cc(S(=O)(=O)O)cc3C)cc2)cc1. The lowest BCUT2D eigenvalue weighted by Gasteiger charge is -2.15. The molecule has 0 unspecified atom stereocenters. The van der Waals surface area contributed by atoms with Crippen LogP contribution in [0, 0.1) is 32.9 Å². The van der Waals surface area contributed by atoms with E-state index >= 15 is 0 Å². The zero-order chi connectivity index (χ0) is 32.5. The van der Waals surface area contributed by atoms with Crippen LogP contribution in [0.5, 0.6) is 0 Å². The highest BCUT2D eigenvalue weighted by molar-refractivity contribution is 7.89. The summed E-state index contributed by atoms with van der Waals surface area (Å²) in [6.45, 7) is 7.84. The Balaban J connectivity index is 1.54. The van der Waals surface area contributed by atoms with E-state index in [-0.39, 0.29) is 10.1 Å². The van der Waals surface area contributed by atoms with Crippen molar-refractivity contribution in [2.24, 2.45) is 0 Å². The first kappa shape index (κ1) is 32.2. The second-order valence-corrected chi connectivity index (χ2v) is 14.3. The van der Waals surface area contributed by atoms with E-state index in [0.29, 0.717) is 17.6 Å². The molecule has 0 saturated heterocycles. The van der Waals surface area contributed by atoms with Crippen molar-refractivity contribution in [3.8, 4) is 0 Å². The van der Waals surface area contributed by atoms with Gasteiger partial charge in [0.2, 0.25) is 0 Å². The standard InChI is InChI=1S/C37H34O6S2/c1-24-8-7-9-25(2)34(24)22-28-12-16-30(17-13-28)37(33-10-5-6-11-36(33)45(41,42)43)31-18-14-29(15-19-31)23-35-26(3)20-32(21-27(35)4)44(38,39)40/h5-21H,22-23H2,1-4H3,(H-,38,39,40,41,42,43)/p+1. The van der Waals surface area contributed by atoms with E-state index in [1.807, 2.05) is 62.4 Å². The number of allylic oxidation sites excluding steroid dienone is 3. The fraction of sp³-hybridized carbons (Fsp3) is 0.162. The molecule has 5 rings (SSSR count). The maximum Gasteiger partial charge on any atom is 0.331 e. The van der Waals surface area contributed by atoms with Crippen LogP contribution in [0.3, 0.4) is 0 Å². The topological polar surface area (TPSA) is 109 Å². The Morgan fingerprint density at radius 2 is 1.11 bits per heavy atom. The Hall–Kier alpha value is -4.21. The van der Waals surface area contributed by atoms with Crippen LogP contribution in [-0.4, -0.2) is 25.9 Å². The van der Waals surface area contributed by atoms with Gasteiger partial charge in [-0.05, 0) is 121 Å². The highest BCUT2D eigenvalue weighted by Crippen LogP contribution is 2.37. The molecule has 4 aromatic carbocycles. The molecule has 0 saturated carbocycles. The van der Waals surface area contributed by atoms with Gasteiger partial charge in [0.15, 0.2) is 5.25 Å². The van der Waals surface area contributed by atoms with Crippen molar-refractivity contribution in [1.29, 1.82) is 0 Å². The first-order valence-corrected chi connectivity index (χ1v) is 17.4. The van der Waals surface area contributed by atoms with Crippen LogP contribution >= 0.6 is 0 Å². The van der Waals surface area contributed by atoms with Crippen molar-refractivity contribution >= 4 is 25.8 Å². The molecule has 45 heavy (non-hydrogen) atoms. The Bertz CT molecular complexity index is 2020. The van der Waals surface area contributed by atoms with Crippen LogP contribution in [0.1, 0.15) is 55.6 Å². The molecule has 6 nitrogen and oxygen atoms in total. The first-order chi connectivity index (χ1) is 21.2. The van der Waals surface area contributed by atoms with Gasteiger partial charge >= 0.3 is 10.1 Å². The van der Waals surface area contributed by atoms with Gasteiger partial charge in [-0.3, -0.25) is 9.11 Å². The zero-order valence-electron chi connectivity index (χ0n) is 25.6. The summed E-state index contributed by atoms with van der Waals surface area (Å²) in [7, 11) is -8.81. The van der Waals surface area contributed by atoms with Crippen molar-refractivity contribution < 1.29 is 25.9 Å². The van der Waals surface area contributed by atoms with Gasteiger partial charge in [-0.15, -0.1) is 0 Å². The third-order valence-electron chi connectivity index (χ3n) is 8.29. The zero-order valence-corrected chi connectivity index (χ0v) is 27.2. The van der Waals surface area contributed by atoms with Crippen LogP contribution in [0.2, 0.25) is 0 Å². The lowest BCUT2D eigenvalue weighted by Crippen LogP contribution is -2.14. The molecule has 4 aromatic rings. The molecule has 0 heterocycles. The molecule has 0 spiro atoms. The van der Waals surface area contributed by atoms with Gasteiger partial charge in [0.25, 0.3) is 10.1 Å². The first-order valence-electron chi connectivity index (χ1n) is 14.5. The molecule has 0 radical (unpaired) electrons. The lowest BCUT2D eigenvalue weighted by molar-refractivity contribution is 0.482. The normalized spacial score (nSPS) is 14.6. The molecule has 0 aromatic heterocycles. The van der Waals surface area contributed by atoms with Gasteiger partial charge in [-0.1, -0.05) is 42.5 Å². The Morgan fingerprint density at radius 1 is 0.644 bits per heavy atom. The molecular formula is C37H35O6S2+. The van der Waals surface area contributed by atoms with E-state index in [1.165, 1.54) is 34.9 Å². The molecule has 0 aliphatic heterocycles. The van der Waals surface area contributed by atoms with Gasteiger partial charge in [0.05, 0.1) is 10.5 Å². The van der Waals surface area contributed by atoms with Crippen molar-refractivity contribution in [1.82, 2.24) is 0 Å². The van der Waals surface area contributed by atoms with Gasteiger partial charge in [0.1, 0.15) is 5.57 Å². The Morgan fingerprint density at radius 3 is 1.56 bits per heavy atom. The van der Waals surface area contributed by atoms with E-state index in [2.05, 4.69) is 32.0 Å². The molecule has 0 bridgehead atoms. The molecule has 1 aliphatic rings. The molecular weight excluding hydrogens is 605 g/mol. The van der Waals surface area contributed by atoms with Crippen molar-refractivity contribution in [3.63, 3.8) is 0 Å². The number of benzene rings is 4. The van der Waals surface area contributed by atoms with Crippen molar-refractivity contribution in [2.45, 2.75) is 45.4 Å². The quantitative estimate of drug-likeness (QED) is 0.151. The fourth-order valence-electron chi connectivity index (χ4n) is 5.87. The second kappa shape index (κ2) is 12.7. The molecule has 0 fully saturated rings. The molecule has 2 N–H and O–H groups in total. The van der Waals surface area contributed by atoms with Crippen LogP contribution in [0.25, 0.3) is 5.57 Å². The minimum atomic E-state index is -4.51. The number of aryl methyl sites for hydroxylation is 4. The van der Waals surface area contributed by atoms with Gasteiger partial charge in [-0.25, -0.2) is 0 Å². The summed E-state index contributed by atoms with van der Waals surface area (Å²) >= 11 is 0. The van der Waals surface area contributed by atoms with Crippen LogP contribution in [-0.2, 0) is 33.1 Å². The number of hydrogen-bond acceptors (Lipinski definition) is 4. The average Bonchev–Trinajstić information content (AvgIpc) is 2.98. The number of rotatable bonds is 8. The summed E-state index contributed by atoms with van der Waals surface area (Å²) in [6.07, 6.45) is 7.73. The van der Waals surface area contributed by atoms with E-state index in [9.17, 15) is 25.9 Å². The minimum absolute atomic E-state index is 0.131. The predicted molar refractivity (Wildman–Crippen MR) is 179 cm³/mol. The van der Waals surface area contributed by atoms with Crippen LogP contribution < -0.4 is 0 Å². The van der Waals surface area contributed by atoms with Crippen molar-refractivity contribution in [2.75, 3.05) is 0 Å². The van der Waals surface area contributed by atoms with Crippen molar-refractivity contribution in [3.05, 3.63) is 170 Å². The van der Waals surface area contributed by atoms with E-state index in [0.717, 1.165) is 45.4 Å². The summed E-state index contributed by atoms with van der Waals surface area (Å²) in [5.74, 6) is 0. The van der Waals surface area contributed by atoms with Crippen LogP contribution in [0.15, 0.2) is 114 Å². The highest BCUT2D eigenvalue weighted by atomic mass is 32.2. The van der Waals surface area contributed by atoms with E-state index < -0.39 is 20.2 Å². The van der Waals surface area contributed by atoms with Crippen LogP contribution in [0.4, 0.5) is 0 Å². The summed E-state index contributed by atoms with van der Waals surface area (Å²) < 4.78 is 67.8. The molecule has 8 heteroatoms. The number of hydrogen-bond donors (Lipinski definition) is 2. The Kier molecular flexibility index (Phi) is 9.05. The monoisotopic (exact) mass is 639 g/mol. The smallest absolute Gasteiger partial charge is 0.282 e. The summed E-state index contributed by atoms with van der Waals surface area (Å²) in [5.41, 5.74) is 10.9. The molecule has 230 valence electrons. The maximum atomic E-state index is 12.4. The molecule has 0 atom stereocenters.